The average molecular weight is 432 g/mol. The van der Waals surface area contributed by atoms with E-state index < -0.39 is 23.3 Å². The molecule has 0 atom stereocenters. The van der Waals surface area contributed by atoms with Crippen LogP contribution in [0.25, 0.3) is 0 Å². The molecule has 31 heavy (non-hydrogen) atoms. The Morgan fingerprint density at radius 2 is 1.74 bits per heavy atom. The Hall–Kier alpha value is -2.51. The molecule has 0 aliphatic heterocycles. The van der Waals surface area contributed by atoms with Crippen molar-refractivity contribution in [2.24, 2.45) is 0 Å². The van der Waals surface area contributed by atoms with Gasteiger partial charge in [-0.1, -0.05) is 29.8 Å². The van der Waals surface area contributed by atoms with Gasteiger partial charge in [0.25, 0.3) is 0 Å². The van der Waals surface area contributed by atoms with Crippen LogP contribution in [0.1, 0.15) is 36.8 Å². The number of rotatable bonds is 6. The normalized spacial score (nSPS) is 21.2. The van der Waals surface area contributed by atoms with Crippen molar-refractivity contribution in [3.63, 3.8) is 0 Å². The second-order valence-electron chi connectivity index (χ2n) is 8.72. The Labute approximate surface area is 182 Å². The van der Waals surface area contributed by atoms with Crippen molar-refractivity contribution in [3.05, 3.63) is 65.2 Å². The zero-order chi connectivity index (χ0) is 22.6. The molecule has 3 rings (SSSR count). The zero-order valence-electron chi connectivity index (χ0n) is 18.4. The number of aliphatic hydroxyl groups is 1. The van der Waals surface area contributed by atoms with Crippen LogP contribution in [-0.4, -0.2) is 54.2 Å². The summed E-state index contributed by atoms with van der Waals surface area (Å²) < 4.78 is 27.0. The Balaban J connectivity index is 1.72. The van der Waals surface area contributed by atoms with Crippen molar-refractivity contribution in [1.29, 1.82) is 0 Å². The number of aryl methyl sites for hydroxylation is 1. The van der Waals surface area contributed by atoms with Gasteiger partial charge in [-0.05, 0) is 64.4 Å². The van der Waals surface area contributed by atoms with Gasteiger partial charge in [-0.2, -0.15) is 0 Å². The number of likely N-dealkylation sites (N-methyl/N-ethyl adjacent to an activating group) is 1. The highest BCUT2D eigenvalue weighted by atomic mass is 19.1. The van der Waals surface area contributed by atoms with Crippen LogP contribution in [0.5, 0.6) is 0 Å². The molecule has 2 aromatic carbocycles. The van der Waals surface area contributed by atoms with E-state index in [9.17, 15) is 18.7 Å². The lowest BCUT2D eigenvalue weighted by Crippen LogP contribution is -2.49. The molecule has 168 valence electrons. The number of halogens is 2. The highest BCUT2D eigenvalue weighted by molar-refractivity contribution is 5.89. The standard InChI is InChI=1S/C24H31F2N3O2/c1-17-5-4-6-18(13-17)24(31)9-7-22(8-10-24)29(12-11-28(2)3)23(30)27-21-15-19(25)14-20(26)16-21/h4-6,13-16,22,31H,7-12H2,1-3H3,(H,27,30). The van der Waals surface area contributed by atoms with E-state index >= 15 is 0 Å². The number of nitrogens with one attached hydrogen (secondary N) is 1. The molecule has 0 aromatic heterocycles. The first kappa shape index (κ1) is 23.2. The van der Waals surface area contributed by atoms with Crippen molar-refractivity contribution in [3.8, 4) is 0 Å². The van der Waals surface area contributed by atoms with E-state index in [1.54, 1.807) is 4.90 Å². The molecule has 0 heterocycles. The summed E-state index contributed by atoms with van der Waals surface area (Å²) in [6.45, 7) is 3.13. The minimum Gasteiger partial charge on any atom is -0.385 e. The van der Waals surface area contributed by atoms with E-state index in [1.165, 1.54) is 0 Å². The van der Waals surface area contributed by atoms with Gasteiger partial charge in [0.05, 0.1) is 5.60 Å². The Morgan fingerprint density at radius 1 is 1.10 bits per heavy atom. The second kappa shape index (κ2) is 9.75. The van der Waals surface area contributed by atoms with Crippen molar-refractivity contribution in [2.75, 3.05) is 32.5 Å². The third-order valence-electron chi connectivity index (χ3n) is 5.94. The molecule has 5 nitrogen and oxygen atoms in total. The van der Waals surface area contributed by atoms with Crippen LogP contribution in [0.2, 0.25) is 0 Å². The Kier molecular flexibility index (Phi) is 7.28. The van der Waals surface area contributed by atoms with Crippen LogP contribution in [0, 0.1) is 18.6 Å². The van der Waals surface area contributed by atoms with E-state index in [0.717, 1.165) is 29.3 Å². The summed E-state index contributed by atoms with van der Waals surface area (Å²) in [5.41, 5.74) is 1.19. The Bertz CT molecular complexity index is 891. The van der Waals surface area contributed by atoms with Crippen molar-refractivity contribution in [2.45, 2.75) is 44.2 Å². The van der Waals surface area contributed by atoms with Gasteiger partial charge in [0, 0.05) is 30.9 Å². The van der Waals surface area contributed by atoms with Crippen LogP contribution in [0.3, 0.4) is 0 Å². The SMILES string of the molecule is Cc1cccc(C2(O)CCC(N(CCN(C)C)C(=O)Nc3cc(F)cc(F)c3)CC2)c1. The molecule has 1 fully saturated rings. The number of hydrogen-bond acceptors (Lipinski definition) is 3. The lowest BCUT2D eigenvalue weighted by atomic mass is 9.77. The van der Waals surface area contributed by atoms with Gasteiger partial charge >= 0.3 is 6.03 Å². The molecule has 2 aromatic rings. The molecule has 2 N–H and O–H groups in total. The quantitative estimate of drug-likeness (QED) is 0.708. The summed E-state index contributed by atoms with van der Waals surface area (Å²) in [6, 6.07) is 10.4. The molecule has 0 saturated heterocycles. The molecule has 1 aliphatic rings. The smallest absolute Gasteiger partial charge is 0.322 e. The average Bonchev–Trinajstić information content (AvgIpc) is 2.68. The number of anilines is 1. The highest BCUT2D eigenvalue weighted by Gasteiger charge is 2.38. The van der Waals surface area contributed by atoms with E-state index in [0.29, 0.717) is 38.8 Å². The van der Waals surface area contributed by atoms with Gasteiger partial charge in [-0.15, -0.1) is 0 Å². The van der Waals surface area contributed by atoms with Gasteiger partial charge in [0.1, 0.15) is 11.6 Å². The van der Waals surface area contributed by atoms with E-state index in [4.69, 9.17) is 0 Å². The molecular weight excluding hydrogens is 400 g/mol. The highest BCUT2D eigenvalue weighted by Crippen LogP contribution is 2.39. The zero-order valence-corrected chi connectivity index (χ0v) is 18.4. The number of amides is 2. The van der Waals surface area contributed by atoms with Gasteiger partial charge in [0.2, 0.25) is 0 Å². The van der Waals surface area contributed by atoms with E-state index in [1.807, 2.05) is 50.2 Å². The largest absolute Gasteiger partial charge is 0.385 e. The second-order valence-corrected chi connectivity index (χ2v) is 8.72. The molecular formula is C24H31F2N3O2. The first-order valence-corrected chi connectivity index (χ1v) is 10.6. The van der Waals surface area contributed by atoms with Crippen molar-refractivity contribution in [1.82, 2.24) is 9.80 Å². The summed E-state index contributed by atoms with van der Waals surface area (Å²) in [6.07, 6.45) is 2.37. The van der Waals surface area contributed by atoms with Gasteiger partial charge < -0.3 is 20.2 Å². The maximum Gasteiger partial charge on any atom is 0.322 e. The number of benzene rings is 2. The van der Waals surface area contributed by atoms with E-state index in [-0.39, 0.29) is 11.7 Å². The monoisotopic (exact) mass is 431 g/mol. The van der Waals surface area contributed by atoms with Gasteiger partial charge in [0.15, 0.2) is 0 Å². The summed E-state index contributed by atoms with van der Waals surface area (Å²) in [4.78, 5) is 16.7. The maximum absolute atomic E-state index is 13.5. The van der Waals surface area contributed by atoms with Crippen molar-refractivity contribution < 1.29 is 18.7 Å². The molecule has 0 unspecified atom stereocenters. The van der Waals surface area contributed by atoms with E-state index in [2.05, 4.69) is 5.32 Å². The third-order valence-corrected chi connectivity index (χ3v) is 5.94. The number of nitrogens with zero attached hydrogens (tertiary/aromatic N) is 2. The minimum absolute atomic E-state index is 0.0663. The van der Waals surface area contributed by atoms with Crippen LogP contribution >= 0.6 is 0 Å². The fourth-order valence-corrected chi connectivity index (χ4v) is 4.19. The maximum atomic E-state index is 13.5. The summed E-state index contributed by atoms with van der Waals surface area (Å²) in [7, 11) is 3.85. The molecule has 1 saturated carbocycles. The Morgan fingerprint density at radius 3 is 2.32 bits per heavy atom. The number of carbonyl (C=O) groups excluding carboxylic acids is 1. The topological polar surface area (TPSA) is 55.8 Å². The lowest BCUT2D eigenvalue weighted by molar-refractivity contribution is -0.0197. The molecule has 0 radical (unpaired) electrons. The molecule has 0 spiro atoms. The predicted octanol–water partition coefficient (Wildman–Crippen LogP) is 4.50. The van der Waals surface area contributed by atoms with Crippen molar-refractivity contribution >= 4 is 11.7 Å². The lowest BCUT2D eigenvalue weighted by Gasteiger charge is -2.41. The molecule has 0 bridgehead atoms. The van der Waals surface area contributed by atoms with Crippen LogP contribution < -0.4 is 5.32 Å². The van der Waals surface area contributed by atoms with Crippen LogP contribution in [0.4, 0.5) is 19.3 Å². The predicted molar refractivity (Wildman–Crippen MR) is 118 cm³/mol. The number of hydrogen-bond donors (Lipinski definition) is 2. The van der Waals surface area contributed by atoms with Gasteiger partial charge in [-0.25, -0.2) is 13.6 Å². The van der Waals surface area contributed by atoms with Crippen LogP contribution in [0.15, 0.2) is 42.5 Å². The number of carbonyl (C=O) groups is 1. The minimum atomic E-state index is -0.905. The summed E-state index contributed by atoms with van der Waals surface area (Å²) in [5, 5.41) is 13.8. The summed E-state index contributed by atoms with van der Waals surface area (Å²) >= 11 is 0. The van der Waals surface area contributed by atoms with Gasteiger partial charge in [-0.3, -0.25) is 0 Å². The molecule has 7 heteroatoms. The fraction of sp³-hybridized carbons (Fsp3) is 0.458. The molecule has 1 aliphatic carbocycles. The number of urea groups is 1. The summed E-state index contributed by atoms with van der Waals surface area (Å²) in [5.74, 6) is -1.48. The first-order chi connectivity index (χ1) is 14.7. The third kappa shape index (κ3) is 6.02. The molecule has 2 amide bonds. The fourth-order valence-electron chi connectivity index (χ4n) is 4.19. The van der Waals surface area contributed by atoms with Crippen LogP contribution in [-0.2, 0) is 5.60 Å². The first-order valence-electron chi connectivity index (χ1n) is 10.6.